The normalized spacial score (nSPS) is 27.8. The lowest BCUT2D eigenvalue weighted by Crippen LogP contribution is -2.40. The number of hydrogen-bond acceptors (Lipinski definition) is 3. The number of hydrogen-bond donors (Lipinski definition) is 0. The van der Waals surface area contributed by atoms with Crippen LogP contribution < -0.4 is 0 Å². The van der Waals surface area contributed by atoms with Crippen LogP contribution in [0.25, 0.3) is 0 Å². The summed E-state index contributed by atoms with van der Waals surface area (Å²) in [6.45, 7) is 2.48. The van der Waals surface area contributed by atoms with E-state index < -0.39 is 19.0 Å². The van der Waals surface area contributed by atoms with Crippen molar-refractivity contribution in [2.75, 3.05) is 32.6 Å². The molecule has 20 heavy (non-hydrogen) atoms. The minimum Gasteiger partial charge on any atom is -0.448 e. The first-order valence-corrected chi connectivity index (χ1v) is 6.95. The smallest absolute Gasteiger partial charge is 0.448 e. The molecule has 2 unspecified atom stereocenters. The Morgan fingerprint density at radius 1 is 1.15 bits per heavy atom. The van der Waals surface area contributed by atoms with Crippen LogP contribution in [0, 0.1) is 11.8 Å². The monoisotopic (exact) mass is 293 g/mol. The van der Waals surface area contributed by atoms with Crippen LogP contribution in [0.4, 0.5) is 17.7 Å². The van der Waals surface area contributed by atoms with Crippen LogP contribution in [0.3, 0.4) is 0 Å². The molecule has 2 atom stereocenters. The molecular formula is C12H21BF3N2O2-. The van der Waals surface area contributed by atoms with E-state index in [0.29, 0.717) is 26.2 Å². The second-order valence-corrected chi connectivity index (χ2v) is 6.83. The Morgan fingerprint density at radius 3 is 2.05 bits per heavy atom. The molecule has 0 radical (unpaired) electrons. The Kier molecular flexibility index (Phi) is 3.97. The highest BCUT2D eigenvalue weighted by molar-refractivity contribution is 6.58. The maximum atomic E-state index is 12.4. The van der Waals surface area contributed by atoms with Gasteiger partial charge in [0.1, 0.15) is 5.60 Å². The van der Waals surface area contributed by atoms with Crippen molar-refractivity contribution in [3.8, 4) is 0 Å². The molecule has 0 aromatic rings. The molecule has 2 fully saturated rings. The summed E-state index contributed by atoms with van der Waals surface area (Å²) in [6, 6.07) is 0. The second kappa shape index (κ2) is 5.13. The van der Waals surface area contributed by atoms with Crippen LogP contribution in [0.1, 0.15) is 20.8 Å². The maximum absolute atomic E-state index is 12.4. The van der Waals surface area contributed by atoms with Gasteiger partial charge in [-0.2, -0.15) is 0 Å². The van der Waals surface area contributed by atoms with Gasteiger partial charge in [0, 0.05) is 13.1 Å². The summed E-state index contributed by atoms with van der Waals surface area (Å²) >= 11 is 0. The number of likely N-dealkylation sites (tertiary alicyclic amines) is 2. The Balaban J connectivity index is 1.84. The highest BCUT2D eigenvalue weighted by Crippen LogP contribution is 2.32. The van der Waals surface area contributed by atoms with Gasteiger partial charge in [0.15, 0.2) is 0 Å². The topological polar surface area (TPSA) is 32.8 Å². The fraction of sp³-hybridized carbons (Fsp3) is 0.917. The second-order valence-electron chi connectivity index (χ2n) is 6.83. The standard InChI is InChI=1S/C12H21BF3N2O2/c1-12(2,3)20-11(19)18-6-9-4-17(5-10(9)7-18)8-13(14,15)16/h9-10H,4-8H2,1-3H3/q-1. The zero-order valence-corrected chi connectivity index (χ0v) is 12.1. The van der Waals surface area contributed by atoms with Crippen LogP contribution in [0.2, 0.25) is 0 Å². The van der Waals surface area contributed by atoms with E-state index in [1.165, 1.54) is 4.90 Å². The van der Waals surface area contributed by atoms with Gasteiger partial charge in [-0.25, -0.2) is 4.79 Å². The SMILES string of the molecule is CC(C)(C)OC(=O)N1CC2CN(C[B-](F)(F)F)CC2C1. The number of carbonyl (C=O) groups is 1. The number of fused-ring (bicyclic) bond motifs is 1. The van der Waals surface area contributed by atoms with Crippen LogP contribution in [0.5, 0.6) is 0 Å². The summed E-state index contributed by atoms with van der Waals surface area (Å²) in [7, 11) is 0. The van der Waals surface area contributed by atoms with Gasteiger partial charge in [0.2, 0.25) is 0 Å². The molecule has 0 aromatic carbocycles. The number of halogens is 3. The van der Waals surface area contributed by atoms with Crippen molar-refractivity contribution in [3.63, 3.8) is 0 Å². The van der Waals surface area contributed by atoms with Gasteiger partial charge in [-0.1, -0.05) is 0 Å². The zero-order valence-electron chi connectivity index (χ0n) is 12.1. The first-order valence-electron chi connectivity index (χ1n) is 6.95. The Hall–Kier alpha value is -0.915. The highest BCUT2D eigenvalue weighted by atomic mass is 19.4. The quantitative estimate of drug-likeness (QED) is 0.732. The number of amides is 1. The Labute approximate surface area is 117 Å². The van der Waals surface area contributed by atoms with Gasteiger partial charge >= 0.3 is 13.1 Å². The molecule has 0 N–H and O–H groups in total. The van der Waals surface area contributed by atoms with Crippen LogP contribution >= 0.6 is 0 Å². The molecule has 116 valence electrons. The molecule has 2 rings (SSSR count). The summed E-state index contributed by atoms with van der Waals surface area (Å²) in [5.74, 6) is 0.279. The number of carbonyl (C=O) groups excluding carboxylic acids is 1. The van der Waals surface area contributed by atoms with Crippen molar-refractivity contribution >= 4 is 13.1 Å². The van der Waals surface area contributed by atoms with E-state index in [4.69, 9.17) is 4.74 Å². The van der Waals surface area contributed by atoms with E-state index >= 15 is 0 Å². The van der Waals surface area contributed by atoms with Gasteiger partial charge in [-0.05, 0) is 52.1 Å². The van der Waals surface area contributed by atoms with Crippen LogP contribution in [-0.4, -0.2) is 61.1 Å². The van der Waals surface area contributed by atoms with Crippen molar-refractivity contribution in [1.82, 2.24) is 9.80 Å². The van der Waals surface area contributed by atoms with E-state index in [-0.39, 0.29) is 17.9 Å². The third-order valence-corrected chi connectivity index (χ3v) is 3.68. The fourth-order valence-electron chi connectivity index (χ4n) is 3.01. The summed E-state index contributed by atoms with van der Waals surface area (Å²) in [4.78, 5) is 15.0. The minimum atomic E-state index is -4.77. The van der Waals surface area contributed by atoms with Gasteiger partial charge in [-0.15, -0.1) is 0 Å². The van der Waals surface area contributed by atoms with Crippen LogP contribution in [0.15, 0.2) is 0 Å². The van der Waals surface area contributed by atoms with E-state index in [1.807, 2.05) is 0 Å². The van der Waals surface area contributed by atoms with Gasteiger partial charge < -0.3 is 27.5 Å². The van der Waals surface area contributed by atoms with Crippen molar-refractivity contribution in [2.24, 2.45) is 11.8 Å². The Morgan fingerprint density at radius 2 is 1.65 bits per heavy atom. The number of nitrogens with zero attached hydrogens (tertiary/aromatic N) is 2. The predicted molar refractivity (Wildman–Crippen MR) is 70.3 cm³/mol. The lowest BCUT2D eigenvalue weighted by molar-refractivity contribution is 0.0275. The molecule has 8 heteroatoms. The number of ether oxygens (including phenoxy) is 1. The first kappa shape index (κ1) is 15.5. The van der Waals surface area contributed by atoms with E-state index in [2.05, 4.69) is 0 Å². The molecule has 4 nitrogen and oxygen atoms in total. The summed E-state index contributed by atoms with van der Waals surface area (Å²) < 4.78 is 42.5. The molecule has 0 spiro atoms. The van der Waals surface area contributed by atoms with Gasteiger partial charge in [0.05, 0.1) is 0 Å². The molecule has 0 aliphatic carbocycles. The summed E-state index contributed by atoms with van der Waals surface area (Å²) in [5.41, 5.74) is -0.542. The molecule has 0 aromatic heterocycles. The van der Waals surface area contributed by atoms with E-state index in [9.17, 15) is 17.7 Å². The molecule has 0 saturated carbocycles. The zero-order chi connectivity index (χ0) is 15.1. The third kappa shape index (κ3) is 4.04. The highest BCUT2D eigenvalue weighted by Gasteiger charge is 2.43. The van der Waals surface area contributed by atoms with Gasteiger partial charge in [-0.3, -0.25) is 0 Å². The van der Waals surface area contributed by atoms with E-state index in [1.54, 1.807) is 25.7 Å². The third-order valence-electron chi connectivity index (χ3n) is 3.68. The van der Waals surface area contributed by atoms with Crippen molar-refractivity contribution < 1.29 is 22.5 Å². The van der Waals surface area contributed by atoms with Crippen LogP contribution in [-0.2, 0) is 4.74 Å². The first-order chi connectivity index (χ1) is 9.03. The van der Waals surface area contributed by atoms with Crippen molar-refractivity contribution in [2.45, 2.75) is 26.4 Å². The van der Waals surface area contributed by atoms with Gasteiger partial charge in [0.25, 0.3) is 0 Å². The predicted octanol–water partition coefficient (Wildman–Crippen LogP) is 2.17. The molecule has 2 saturated heterocycles. The lowest BCUT2D eigenvalue weighted by atomic mass is 9.91. The average Bonchev–Trinajstić information content (AvgIpc) is 2.68. The van der Waals surface area contributed by atoms with Crippen molar-refractivity contribution in [3.05, 3.63) is 0 Å². The van der Waals surface area contributed by atoms with E-state index in [0.717, 1.165) is 0 Å². The van der Waals surface area contributed by atoms with Crippen molar-refractivity contribution in [1.29, 1.82) is 0 Å². The average molecular weight is 293 g/mol. The molecule has 2 aliphatic heterocycles. The molecule has 2 aliphatic rings. The maximum Gasteiger partial charge on any atom is 0.492 e. The molecule has 1 amide bonds. The molecular weight excluding hydrogens is 272 g/mol. The minimum absolute atomic E-state index is 0.140. The Bertz CT molecular complexity index is 370. The summed E-state index contributed by atoms with van der Waals surface area (Å²) in [6.07, 6.45) is -1.15. The molecule has 2 heterocycles. The fourth-order valence-corrected chi connectivity index (χ4v) is 3.01. The lowest BCUT2D eigenvalue weighted by Gasteiger charge is -2.27. The largest absolute Gasteiger partial charge is 0.492 e. The molecule has 0 bridgehead atoms. The summed E-state index contributed by atoms with van der Waals surface area (Å²) in [5, 5.41) is 0. The number of rotatable bonds is 2.